The SMILES string of the molecule is COc1cc2c(cc1CO)OC[C@H]1Oc3c(ccc4c3CC([18F])C(C)(C)O4)C(OC)[C@@H]21. The Morgan fingerprint density at radius 3 is 2.68 bits per heavy atom. The third-order valence-corrected chi connectivity index (χ3v) is 6.66. The molecule has 0 aliphatic carbocycles. The van der Waals surface area contributed by atoms with E-state index in [9.17, 15) is 9.50 Å². The summed E-state index contributed by atoms with van der Waals surface area (Å²) in [7, 11) is 3.24. The minimum absolute atomic E-state index is 0.136. The first kappa shape index (κ1) is 20.4. The van der Waals surface area contributed by atoms with Crippen LogP contribution >= 0.6 is 0 Å². The molecule has 31 heavy (non-hydrogen) atoms. The van der Waals surface area contributed by atoms with Crippen molar-refractivity contribution in [2.45, 2.75) is 56.8 Å². The van der Waals surface area contributed by atoms with E-state index >= 15 is 0 Å². The summed E-state index contributed by atoms with van der Waals surface area (Å²) in [4.78, 5) is 0. The lowest BCUT2D eigenvalue weighted by atomic mass is 9.79. The number of halogens is 1. The summed E-state index contributed by atoms with van der Waals surface area (Å²) in [6.07, 6.45) is -1.53. The Morgan fingerprint density at radius 1 is 1.16 bits per heavy atom. The highest BCUT2D eigenvalue weighted by molar-refractivity contribution is 5.57. The molecule has 3 aliphatic rings. The Balaban J connectivity index is 1.61. The molecular weight excluding hydrogens is 402 g/mol. The summed E-state index contributed by atoms with van der Waals surface area (Å²) in [5.74, 6) is 2.43. The highest BCUT2D eigenvalue weighted by Crippen LogP contribution is 2.54. The Morgan fingerprint density at radius 2 is 1.97 bits per heavy atom. The van der Waals surface area contributed by atoms with E-state index in [1.54, 1.807) is 28.1 Å². The fraction of sp³-hybridized carbons (Fsp3) is 0.500. The molecule has 2 aromatic rings. The van der Waals surface area contributed by atoms with Crippen LogP contribution in [0.5, 0.6) is 23.0 Å². The Hall–Kier alpha value is -2.51. The third kappa shape index (κ3) is 3.05. The summed E-state index contributed by atoms with van der Waals surface area (Å²) < 4.78 is 44.6. The predicted molar refractivity (Wildman–Crippen MR) is 111 cm³/mol. The molecule has 0 fully saturated rings. The van der Waals surface area contributed by atoms with Gasteiger partial charge < -0.3 is 28.8 Å². The van der Waals surface area contributed by atoms with E-state index in [1.165, 1.54) is 0 Å². The molecule has 0 aromatic heterocycles. The fourth-order valence-electron chi connectivity index (χ4n) is 4.93. The van der Waals surface area contributed by atoms with Gasteiger partial charge in [0.05, 0.1) is 25.7 Å². The van der Waals surface area contributed by atoms with Gasteiger partial charge in [0.2, 0.25) is 0 Å². The molecule has 2 aromatic carbocycles. The van der Waals surface area contributed by atoms with Crippen LogP contribution in [0, 0.1) is 0 Å². The van der Waals surface area contributed by atoms with E-state index in [0.29, 0.717) is 35.2 Å². The zero-order valence-corrected chi connectivity index (χ0v) is 18.1. The number of hydrogen-bond acceptors (Lipinski definition) is 6. The van der Waals surface area contributed by atoms with Gasteiger partial charge in [-0.15, -0.1) is 0 Å². The summed E-state index contributed by atoms with van der Waals surface area (Å²) in [6, 6.07) is 7.53. The molecule has 0 amide bonds. The molecule has 4 atom stereocenters. The second-order valence-electron chi connectivity index (χ2n) is 8.85. The molecule has 3 aliphatic heterocycles. The summed E-state index contributed by atoms with van der Waals surface area (Å²) >= 11 is 0. The first-order valence-corrected chi connectivity index (χ1v) is 10.5. The van der Waals surface area contributed by atoms with Gasteiger partial charge in [-0.3, -0.25) is 0 Å². The zero-order chi connectivity index (χ0) is 21.9. The molecule has 3 heterocycles. The van der Waals surface area contributed by atoms with Gasteiger partial charge >= 0.3 is 0 Å². The van der Waals surface area contributed by atoms with Crippen molar-refractivity contribution in [2.24, 2.45) is 0 Å². The van der Waals surface area contributed by atoms with Gasteiger partial charge in [0.1, 0.15) is 47.5 Å². The average molecular weight is 429 g/mol. The van der Waals surface area contributed by atoms with Crippen molar-refractivity contribution in [3.05, 3.63) is 46.5 Å². The maximum absolute atomic E-state index is 14.8. The molecule has 0 saturated heterocycles. The number of rotatable bonds is 3. The lowest BCUT2D eigenvalue weighted by molar-refractivity contribution is -0.0254. The molecule has 1 N–H and O–H groups in total. The maximum atomic E-state index is 14.8. The van der Waals surface area contributed by atoms with E-state index in [1.807, 2.05) is 24.3 Å². The van der Waals surface area contributed by atoms with Crippen LogP contribution in [0.4, 0.5) is 4.39 Å². The van der Waals surface area contributed by atoms with Crippen molar-refractivity contribution in [3.63, 3.8) is 0 Å². The molecular formula is C24H27FO6. The van der Waals surface area contributed by atoms with Crippen LogP contribution in [0.1, 0.15) is 48.1 Å². The Bertz CT molecular complexity index is 1020. The smallest absolute Gasteiger partial charge is 0.143 e. The Kier molecular flexibility index (Phi) is 4.79. The molecule has 0 bridgehead atoms. The molecule has 166 valence electrons. The largest absolute Gasteiger partial charge is 0.496 e. The number of methoxy groups -OCH3 is 2. The van der Waals surface area contributed by atoms with Gasteiger partial charge in [-0.25, -0.2) is 4.39 Å². The first-order valence-electron chi connectivity index (χ1n) is 10.5. The van der Waals surface area contributed by atoms with Crippen molar-refractivity contribution < 1.29 is 33.2 Å². The first-order chi connectivity index (χ1) is 14.9. The molecule has 0 saturated carbocycles. The molecule has 0 spiro atoms. The lowest BCUT2D eigenvalue weighted by Gasteiger charge is -2.44. The van der Waals surface area contributed by atoms with Gasteiger partial charge in [0.25, 0.3) is 0 Å². The quantitative estimate of drug-likeness (QED) is 0.799. The fourth-order valence-corrected chi connectivity index (χ4v) is 4.93. The lowest BCUT2D eigenvalue weighted by Crippen LogP contribution is -2.46. The van der Waals surface area contributed by atoms with Crippen LogP contribution in [-0.2, 0) is 17.8 Å². The van der Waals surface area contributed by atoms with Gasteiger partial charge in [0.15, 0.2) is 0 Å². The highest BCUT2D eigenvalue weighted by atomic mass is 18.2. The second kappa shape index (κ2) is 7.28. The number of hydrogen-bond donors (Lipinski definition) is 1. The van der Waals surface area contributed by atoms with E-state index in [4.69, 9.17) is 23.7 Å². The van der Waals surface area contributed by atoms with Crippen LogP contribution in [0.25, 0.3) is 0 Å². The number of aliphatic hydroxyl groups is 1. The minimum Gasteiger partial charge on any atom is -0.496 e. The number of fused-ring (bicyclic) bond motifs is 6. The van der Waals surface area contributed by atoms with Gasteiger partial charge in [-0.2, -0.15) is 0 Å². The molecule has 7 heteroatoms. The van der Waals surface area contributed by atoms with Crippen LogP contribution in [0.2, 0.25) is 0 Å². The molecule has 6 nitrogen and oxygen atoms in total. The summed E-state index contributed by atoms with van der Waals surface area (Å²) in [5.41, 5.74) is 2.29. The molecule has 0 radical (unpaired) electrons. The van der Waals surface area contributed by atoms with E-state index in [-0.39, 0.29) is 31.2 Å². The Labute approximate surface area is 180 Å². The van der Waals surface area contributed by atoms with E-state index in [0.717, 1.165) is 16.7 Å². The van der Waals surface area contributed by atoms with Crippen molar-refractivity contribution in [1.82, 2.24) is 0 Å². The van der Waals surface area contributed by atoms with Crippen LogP contribution in [-0.4, -0.2) is 43.8 Å². The number of benzene rings is 2. The van der Waals surface area contributed by atoms with Crippen molar-refractivity contribution in [1.29, 1.82) is 0 Å². The average Bonchev–Trinajstić information content (AvgIpc) is 2.77. The van der Waals surface area contributed by atoms with Crippen LogP contribution in [0.3, 0.4) is 0 Å². The summed E-state index contributed by atoms with van der Waals surface area (Å²) in [6.45, 7) is 3.70. The van der Waals surface area contributed by atoms with Gasteiger partial charge in [-0.05, 0) is 38.1 Å². The molecule has 5 rings (SSSR count). The predicted octanol–water partition coefficient (Wildman–Crippen LogP) is 3.86. The van der Waals surface area contributed by atoms with Crippen LogP contribution < -0.4 is 18.9 Å². The van der Waals surface area contributed by atoms with E-state index in [2.05, 4.69) is 0 Å². The third-order valence-electron chi connectivity index (χ3n) is 6.66. The number of ether oxygens (including phenoxy) is 5. The van der Waals surface area contributed by atoms with E-state index < -0.39 is 11.8 Å². The highest BCUT2D eigenvalue weighted by Gasteiger charge is 2.47. The molecule has 2 unspecified atom stereocenters. The topological polar surface area (TPSA) is 66.4 Å². The van der Waals surface area contributed by atoms with Crippen molar-refractivity contribution in [2.75, 3.05) is 20.8 Å². The summed E-state index contributed by atoms with van der Waals surface area (Å²) in [5, 5.41) is 9.66. The monoisotopic (exact) mass is 429 g/mol. The number of alkyl halides is 1. The normalized spacial score (nSPS) is 27.4. The maximum Gasteiger partial charge on any atom is 0.143 e. The van der Waals surface area contributed by atoms with Gasteiger partial charge in [-0.1, -0.05) is 0 Å². The van der Waals surface area contributed by atoms with Crippen molar-refractivity contribution >= 4 is 0 Å². The standard InChI is InChI=1S/C24H27FO6/c1-24(2)20(25)9-15-16(31-24)6-5-13-22(15)30-19-11-29-18-7-12(10-26)17(27-3)8-14(18)21(19)23(13)28-4/h5-8,19-21,23,26H,9-11H2,1-4H3/t19-,20?,21+,23?/m1/s1/i25-1. The minimum atomic E-state index is -1.14. The second-order valence-corrected chi connectivity index (χ2v) is 8.85. The number of aliphatic hydroxyl groups excluding tert-OH is 1. The van der Waals surface area contributed by atoms with Crippen molar-refractivity contribution in [3.8, 4) is 23.0 Å². The zero-order valence-electron chi connectivity index (χ0n) is 18.1. The van der Waals surface area contributed by atoms with Gasteiger partial charge in [0, 0.05) is 35.8 Å². The van der Waals surface area contributed by atoms with Crippen LogP contribution in [0.15, 0.2) is 24.3 Å².